The average Bonchev–Trinajstić information content (AvgIpc) is 2.76. The van der Waals surface area contributed by atoms with Gasteiger partial charge in [-0.1, -0.05) is 12.1 Å². The Morgan fingerprint density at radius 1 is 1.44 bits per heavy atom. The number of nitriles is 1. The number of nitrogens with zero attached hydrogens (tertiary/aromatic N) is 1. The second kappa shape index (κ2) is 3.61. The van der Waals surface area contributed by atoms with Crippen LogP contribution < -0.4 is 0 Å². The van der Waals surface area contributed by atoms with E-state index in [9.17, 15) is 10.1 Å². The SMILES string of the molecule is N#CC1(c2cccc3occc23)CC(C(=O)O)C1. The predicted molar refractivity (Wildman–Crippen MR) is 63.9 cm³/mol. The van der Waals surface area contributed by atoms with Crippen molar-refractivity contribution >= 4 is 16.9 Å². The Kier molecular flexibility index (Phi) is 2.17. The zero-order chi connectivity index (χ0) is 12.8. The summed E-state index contributed by atoms with van der Waals surface area (Å²) in [7, 11) is 0. The third kappa shape index (κ3) is 1.34. The minimum Gasteiger partial charge on any atom is -0.481 e. The smallest absolute Gasteiger partial charge is 0.306 e. The Hall–Kier alpha value is -2.28. The molecular weight excluding hydrogens is 230 g/mol. The molecule has 1 fully saturated rings. The van der Waals surface area contributed by atoms with E-state index in [1.54, 1.807) is 6.26 Å². The van der Waals surface area contributed by atoms with Crippen molar-refractivity contribution in [3.63, 3.8) is 0 Å². The van der Waals surface area contributed by atoms with Crippen LogP contribution in [0.2, 0.25) is 0 Å². The molecule has 0 amide bonds. The Bertz CT molecular complexity index is 659. The summed E-state index contributed by atoms with van der Waals surface area (Å²) in [4.78, 5) is 10.9. The summed E-state index contributed by atoms with van der Waals surface area (Å²) in [6.07, 6.45) is 2.35. The van der Waals surface area contributed by atoms with Crippen molar-refractivity contribution in [2.24, 2.45) is 5.92 Å². The highest BCUT2D eigenvalue weighted by atomic mass is 16.4. The number of carbonyl (C=O) groups is 1. The number of aliphatic carboxylic acids is 1. The maximum Gasteiger partial charge on any atom is 0.306 e. The van der Waals surface area contributed by atoms with Gasteiger partial charge in [-0.05, 0) is 30.5 Å². The third-order valence-corrected chi connectivity index (χ3v) is 3.76. The fraction of sp³-hybridized carbons (Fsp3) is 0.286. The van der Waals surface area contributed by atoms with Gasteiger partial charge in [-0.3, -0.25) is 4.79 Å². The molecule has 0 radical (unpaired) electrons. The molecule has 2 aromatic rings. The van der Waals surface area contributed by atoms with Gasteiger partial charge >= 0.3 is 5.97 Å². The van der Waals surface area contributed by atoms with E-state index in [2.05, 4.69) is 6.07 Å². The van der Waals surface area contributed by atoms with E-state index in [-0.39, 0.29) is 0 Å². The number of hydrogen-bond donors (Lipinski definition) is 1. The van der Waals surface area contributed by atoms with Crippen molar-refractivity contribution in [3.05, 3.63) is 36.1 Å². The maximum atomic E-state index is 10.9. The molecule has 1 aliphatic rings. The lowest BCUT2D eigenvalue weighted by atomic mass is 9.59. The summed E-state index contributed by atoms with van der Waals surface area (Å²) in [5, 5.41) is 19.3. The van der Waals surface area contributed by atoms with Crippen LogP contribution in [0.15, 0.2) is 34.9 Å². The van der Waals surface area contributed by atoms with E-state index in [0.717, 1.165) is 16.5 Å². The normalized spacial score (nSPS) is 26.5. The molecule has 90 valence electrons. The van der Waals surface area contributed by atoms with E-state index in [1.807, 2.05) is 24.3 Å². The van der Waals surface area contributed by atoms with Crippen LogP contribution in [0.5, 0.6) is 0 Å². The molecule has 0 bridgehead atoms. The molecule has 1 saturated carbocycles. The van der Waals surface area contributed by atoms with Gasteiger partial charge in [0.15, 0.2) is 0 Å². The molecule has 1 aliphatic carbocycles. The lowest BCUT2D eigenvalue weighted by molar-refractivity contribution is -0.146. The van der Waals surface area contributed by atoms with Crippen LogP contribution in [0, 0.1) is 17.2 Å². The summed E-state index contributed by atoms with van der Waals surface area (Å²) in [6, 6.07) is 9.70. The van der Waals surface area contributed by atoms with Gasteiger partial charge in [0.1, 0.15) is 5.58 Å². The molecule has 4 nitrogen and oxygen atoms in total. The second-order valence-corrected chi connectivity index (χ2v) is 4.78. The predicted octanol–water partition coefficient (Wildman–Crippen LogP) is 2.69. The molecule has 1 aromatic carbocycles. The first-order valence-electron chi connectivity index (χ1n) is 5.77. The molecule has 1 aromatic heterocycles. The fourth-order valence-electron chi connectivity index (χ4n) is 2.74. The molecule has 0 spiro atoms. The van der Waals surface area contributed by atoms with Crippen molar-refractivity contribution in [2.45, 2.75) is 18.3 Å². The van der Waals surface area contributed by atoms with Crippen molar-refractivity contribution in [1.82, 2.24) is 0 Å². The number of furan rings is 1. The Morgan fingerprint density at radius 2 is 2.22 bits per heavy atom. The molecule has 0 saturated heterocycles. The topological polar surface area (TPSA) is 74.2 Å². The quantitative estimate of drug-likeness (QED) is 0.877. The summed E-state index contributed by atoms with van der Waals surface area (Å²) in [5.74, 6) is -1.23. The summed E-state index contributed by atoms with van der Waals surface area (Å²) >= 11 is 0. The van der Waals surface area contributed by atoms with Crippen molar-refractivity contribution in [3.8, 4) is 6.07 Å². The molecule has 0 atom stereocenters. The number of carboxylic acid groups (broad SMARTS) is 1. The first-order chi connectivity index (χ1) is 8.66. The van der Waals surface area contributed by atoms with Gasteiger partial charge in [0, 0.05) is 5.39 Å². The standard InChI is InChI=1S/C14H11NO3/c15-8-14(6-9(7-14)13(16)17)11-2-1-3-12-10(11)4-5-18-12/h1-5,9H,6-7H2,(H,16,17). The first-order valence-corrected chi connectivity index (χ1v) is 5.77. The summed E-state index contributed by atoms with van der Waals surface area (Å²) in [6.45, 7) is 0. The van der Waals surface area contributed by atoms with Crippen molar-refractivity contribution in [1.29, 1.82) is 5.26 Å². The zero-order valence-electron chi connectivity index (χ0n) is 9.59. The molecule has 18 heavy (non-hydrogen) atoms. The minimum absolute atomic E-state index is 0.378. The molecule has 0 aliphatic heterocycles. The summed E-state index contributed by atoms with van der Waals surface area (Å²) in [5.41, 5.74) is 0.946. The van der Waals surface area contributed by atoms with Gasteiger partial charge in [-0.2, -0.15) is 5.26 Å². The van der Waals surface area contributed by atoms with E-state index >= 15 is 0 Å². The molecule has 0 unspecified atom stereocenters. The Labute approximate surface area is 103 Å². The maximum absolute atomic E-state index is 10.9. The monoisotopic (exact) mass is 241 g/mol. The molecule has 1 N–H and O–H groups in total. The van der Waals surface area contributed by atoms with Crippen LogP contribution in [0.1, 0.15) is 18.4 Å². The van der Waals surface area contributed by atoms with E-state index in [0.29, 0.717) is 12.8 Å². The molecular formula is C14H11NO3. The zero-order valence-corrected chi connectivity index (χ0v) is 9.59. The average molecular weight is 241 g/mol. The van der Waals surface area contributed by atoms with E-state index in [1.165, 1.54) is 0 Å². The van der Waals surface area contributed by atoms with E-state index < -0.39 is 17.3 Å². The molecule has 4 heteroatoms. The fourth-order valence-corrected chi connectivity index (χ4v) is 2.74. The van der Waals surface area contributed by atoms with Crippen molar-refractivity contribution in [2.75, 3.05) is 0 Å². The van der Waals surface area contributed by atoms with E-state index in [4.69, 9.17) is 9.52 Å². The van der Waals surface area contributed by atoms with Gasteiger partial charge in [-0.15, -0.1) is 0 Å². The molecule has 1 heterocycles. The van der Waals surface area contributed by atoms with Gasteiger partial charge in [0.05, 0.1) is 23.7 Å². The minimum atomic E-state index is -0.819. The number of carboxylic acids is 1. The van der Waals surface area contributed by atoms with Gasteiger partial charge in [0.25, 0.3) is 0 Å². The lowest BCUT2D eigenvalue weighted by Crippen LogP contribution is -2.43. The third-order valence-electron chi connectivity index (χ3n) is 3.76. The number of benzene rings is 1. The lowest BCUT2D eigenvalue weighted by Gasteiger charge is -2.40. The summed E-state index contributed by atoms with van der Waals surface area (Å²) < 4.78 is 5.32. The number of rotatable bonds is 2. The Morgan fingerprint density at radius 3 is 2.89 bits per heavy atom. The highest BCUT2D eigenvalue weighted by molar-refractivity contribution is 5.84. The first kappa shape index (κ1) is 10.8. The molecule has 3 rings (SSSR count). The van der Waals surface area contributed by atoms with Crippen LogP contribution >= 0.6 is 0 Å². The highest BCUT2D eigenvalue weighted by Crippen LogP contribution is 2.49. The van der Waals surface area contributed by atoms with Gasteiger partial charge in [0.2, 0.25) is 0 Å². The van der Waals surface area contributed by atoms with Crippen LogP contribution in [-0.2, 0) is 10.2 Å². The van der Waals surface area contributed by atoms with Crippen molar-refractivity contribution < 1.29 is 14.3 Å². The largest absolute Gasteiger partial charge is 0.481 e. The van der Waals surface area contributed by atoms with Crippen LogP contribution in [-0.4, -0.2) is 11.1 Å². The number of hydrogen-bond acceptors (Lipinski definition) is 3. The van der Waals surface area contributed by atoms with Crippen LogP contribution in [0.4, 0.5) is 0 Å². The van der Waals surface area contributed by atoms with Crippen LogP contribution in [0.3, 0.4) is 0 Å². The Balaban J connectivity index is 2.07. The second-order valence-electron chi connectivity index (χ2n) is 4.78. The highest BCUT2D eigenvalue weighted by Gasteiger charge is 2.50. The van der Waals surface area contributed by atoms with Gasteiger partial charge in [-0.25, -0.2) is 0 Å². The van der Waals surface area contributed by atoms with Gasteiger partial charge < -0.3 is 9.52 Å². The number of fused-ring (bicyclic) bond motifs is 1. The van der Waals surface area contributed by atoms with Crippen LogP contribution in [0.25, 0.3) is 11.0 Å².